The Morgan fingerprint density at radius 3 is 2.29 bits per heavy atom. The van der Waals surface area contributed by atoms with E-state index in [1.807, 2.05) is 0 Å². The molecule has 1 heterocycles. The number of benzene rings is 1. The minimum Gasteiger partial charge on any atom is -0.300 e. The second kappa shape index (κ2) is 6.45. The van der Waals surface area contributed by atoms with Crippen LogP contribution in [-0.2, 0) is 10.0 Å². The minimum absolute atomic E-state index is 0.332. The average molecular weight is 367 g/mol. The summed E-state index contributed by atoms with van der Waals surface area (Å²) in [4.78, 5) is 2.77. The fraction of sp³-hybridized carbons (Fsp3) is 0.556. The lowest BCUT2D eigenvalue weighted by Gasteiger charge is -2.36. The van der Waals surface area contributed by atoms with Crippen LogP contribution in [0.1, 0.15) is 12.8 Å². The van der Waals surface area contributed by atoms with Crippen LogP contribution in [0.3, 0.4) is 0 Å². The Morgan fingerprint density at radius 2 is 1.71 bits per heavy atom. The molecule has 3 atom stereocenters. The van der Waals surface area contributed by atoms with Crippen molar-refractivity contribution in [2.45, 2.75) is 17.7 Å². The molecule has 2 fully saturated rings. The molecule has 0 aromatic heterocycles. The number of rotatable bonds is 4. The van der Waals surface area contributed by atoms with Crippen LogP contribution in [0.4, 0.5) is 0 Å². The number of allylic oxidation sites excluding steroid dienone is 2. The predicted molar refractivity (Wildman–Crippen MR) is 95.5 cm³/mol. The Bertz CT molecular complexity index is 724. The smallest absolute Gasteiger partial charge is 0.243 e. The SMILES string of the molecule is O=S(=O)(c1ccc(Cl)cc1)N1CCN(C[C@H]2C[C@@H]3C=C[C@@H]2C3)CC1. The molecule has 2 aliphatic carbocycles. The summed E-state index contributed by atoms with van der Waals surface area (Å²) in [5.41, 5.74) is 0. The van der Waals surface area contributed by atoms with E-state index in [1.54, 1.807) is 28.6 Å². The largest absolute Gasteiger partial charge is 0.300 e. The lowest BCUT2D eigenvalue weighted by Crippen LogP contribution is -2.49. The number of sulfonamides is 1. The Hall–Kier alpha value is -0.880. The number of hydrogen-bond donors (Lipinski definition) is 0. The first kappa shape index (κ1) is 16.6. The van der Waals surface area contributed by atoms with Gasteiger partial charge in [0.1, 0.15) is 0 Å². The van der Waals surface area contributed by atoms with Crippen LogP contribution in [0.25, 0.3) is 0 Å². The third-order valence-electron chi connectivity index (χ3n) is 5.69. The molecular formula is C18H23ClN2O2S. The zero-order valence-electron chi connectivity index (χ0n) is 13.6. The van der Waals surface area contributed by atoms with E-state index in [0.29, 0.717) is 23.0 Å². The monoisotopic (exact) mass is 366 g/mol. The topological polar surface area (TPSA) is 40.6 Å². The molecule has 0 amide bonds. The fourth-order valence-electron chi connectivity index (χ4n) is 4.34. The molecule has 0 N–H and O–H groups in total. The number of piperazine rings is 1. The van der Waals surface area contributed by atoms with Crippen molar-refractivity contribution in [3.05, 3.63) is 41.4 Å². The van der Waals surface area contributed by atoms with Gasteiger partial charge in [-0.2, -0.15) is 4.31 Å². The molecule has 130 valence electrons. The predicted octanol–water partition coefficient (Wildman–Crippen LogP) is 2.86. The normalized spacial score (nSPS) is 31.0. The van der Waals surface area contributed by atoms with E-state index in [9.17, 15) is 8.42 Å². The van der Waals surface area contributed by atoms with Gasteiger partial charge in [0.2, 0.25) is 10.0 Å². The van der Waals surface area contributed by atoms with Crippen LogP contribution >= 0.6 is 11.6 Å². The van der Waals surface area contributed by atoms with E-state index in [2.05, 4.69) is 17.1 Å². The van der Waals surface area contributed by atoms with E-state index < -0.39 is 10.0 Å². The van der Waals surface area contributed by atoms with Gasteiger partial charge in [0.25, 0.3) is 0 Å². The third kappa shape index (κ3) is 3.15. The van der Waals surface area contributed by atoms with Gasteiger partial charge in [0.05, 0.1) is 4.90 Å². The zero-order chi connectivity index (χ0) is 16.7. The first-order chi connectivity index (χ1) is 11.5. The molecule has 4 rings (SSSR count). The lowest BCUT2D eigenvalue weighted by atomic mass is 9.93. The molecule has 1 saturated carbocycles. The van der Waals surface area contributed by atoms with Gasteiger partial charge in [-0.3, -0.25) is 0 Å². The minimum atomic E-state index is -3.40. The van der Waals surface area contributed by atoms with Gasteiger partial charge in [-0.1, -0.05) is 23.8 Å². The van der Waals surface area contributed by atoms with Crippen molar-refractivity contribution in [2.24, 2.45) is 17.8 Å². The molecule has 3 aliphatic rings. The molecule has 24 heavy (non-hydrogen) atoms. The second-order valence-corrected chi connectivity index (χ2v) is 9.57. The van der Waals surface area contributed by atoms with Crippen LogP contribution < -0.4 is 0 Å². The molecule has 1 aromatic carbocycles. The first-order valence-corrected chi connectivity index (χ1v) is 10.5. The maximum atomic E-state index is 12.7. The summed E-state index contributed by atoms with van der Waals surface area (Å²) in [5.74, 6) is 2.32. The van der Waals surface area contributed by atoms with Gasteiger partial charge in [0.15, 0.2) is 0 Å². The molecule has 1 aromatic rings. The molecule has 0 spiro atoms. The molecule has 6 heteroatoms. The van der Waals surface area contributed by atoms with Gasteiger partial charge in [0, 0.05) is 37.7 Å². The molecule has 0 unspecified atom stereocenters. The van der Waals surface area contributed by atoms with Crippen LogP contribution in [0.15, 0.2) is 41.3 Å². The molecule has 1 aliphatic heterocycles. The van der Waals surface area contributed by atoms with Gasteiger partial charge >= 0.3 is 0 Å². The quantitative estimate of drug-likeness (QED) is 0.769. The summed E-state index contributed by atoms with van der Waals surface area (Å²) < 4.78 is 27.0. The number of hydrogen-bond acceptors (Lipinski definition) is 3. The maximum Gasteiger partial charge on any atom is 0.243 e. The molecule has 1 saturated heterocycles. The number of nitrogens with zero attached hydrogens (tertiary/aromatic N) is 2. The van der Waals surface area contributed by atoms with Gasteiger partial charge in [-0.05, 0) is 54.9 Å². The summed E-state index contributed by atoms with van der Waals surface area (Å²) in [6.07, 6.45) is 7.40. The Labute approximate surface area is 149 Å². The van der Waals surface area contributed by atoms with Crippen LogP contribution in [0, 0.1) is 17.8 Å². The van der Waals surface area contributed by atoms with Gasteiger partial charge in [-0.25, -0.2) is 8.42 Å². The molecule has 2 bridgehead atoms. The highest BCUT2D eigenvalue weighted by Gasteiger charge is 2.37. The first-order valence-electron chi connectivity index (χ1n) is 8.69. The lowest BCUT2D eigenvalue weighted by molar-refractivity contribution is 0.156. The van der Waals surface area contributed by atoms with Gasteiger partial charge in [-0.15, -0.1) is 0 Å². The van der Waals surface area contributed by atoms with Crippen molar-refractivity contribution < 1.29 is 8.42 Å². The van der Waals surface area contributed by atoms with E-state index in [-0.39, 0.29) is 0 Å². The van der Waals surface area contributed by atoms with Crippen LogP contribution in [0.2, 0.25) is 5.02 Å². The van der Waals surface area contributed by atoms with Gasteiger partial charge < -0.3 is 4.90 Å². The highest BCUT2D eigenvalue weighted by molar-refractivity contribution is 7.89. The summed E-state index contributed by atoms with van der Waals surface area (Å²) in [5, 5.41) is 0.554. The Balaban J connectivity index is 1.35. The maximum absolute atomic E-state index is 12.7. The number of halogens is 1. The number of fused-ring (bicyclic) bond motifs is 2. The Morgan fingerprint density at radius 1 is 1.00 bits per heavy atom. The van der Waals surface area contributed by atoms with Crippen LogP contribution in [-0.4, -0.2) is 50.3 Å². The molecular weight excluding hydrogens is 344 g/mol. The highest BCUT2D eigenvalue weighted by atomic mass is 35.5. The van der Waals surface area contributed by atoms with Crippen LogP contribution in [0.5, 0.6) is 0 Å². The average Bonchev–Trinajstić information content (AvgIpc) is 3.19. The zero-order valence-corrected chi connectivity index (χ0v) is 15.2. The second-order valence-electron chi connectivity index (χ2n) is 7.20. The van der Waals surface area contributed by atoms with E-state index >= 15 is 0 Å². The van der Waals surface area contributed by atoms with Crippen molar-refractivity contribution in [3.63, 3.8) is 0 Å². The summed E-state index contributed by atoms with van der Waals surface area (Å²) in [7, 11) is -3.40. The van der Waals surface area contributed by atoms with Crippen molar-refractivity contribution in [1.29, 1.82) is 0 Å². The van der Waals surface area contributed by atoms with E-state index in [0.717, 1.165) is 37.4 Å². The van der Waals surface area contributed by atoms with Crippen molar-refractivity contribution in [3.8, 4) is 0 Å². The summed E-state index contributed by atoms with van der Waals surface area (Å²) in [6.45, 7) is 3.90. The highest BCUT2D eigenvalue weighted by Crippen LogP contribution is 2.43. The third-order valence-corrected chi connectivity index (χ3v) is 7.86. The Kier molecular flexibility index (Phi) is 4.45. The summed E-state index contributed by atoms with van der Waals surface area (Å²) >= 11 is 5.85. The molecule has 4 nitrogen and oxygen atoms in total. The fourth-order valence-corrected chi connectivity index (χ4v) is 5.89. The van der Waals surface area contributed by atoms with Crippen molar-refractivity contribution in [1.82, 2.24) is 9.21 Å². The molecule has 0 radical (unpaired) electrons. The van der Waals surface area contributed by atoms with Crippen molar-refractivity contribution in [2.75, 3.05) is 32.7 Å². The standard InChI is InChI=1S/C18H23ClN2O2S/c19-17-3-5-18(6-4-17)24(22,23)21-9-7-20(8-10-21)13-16-12-14-1-2-15(16)11-14/h1-6,14-16H,7-13H2/t14-,15-,16-/m1/s1. The van der Waals surface area contributed by atoms with E-state index in [4.69, 9.17) is 11.6 Å². The van der Waals surface area contributed by atoms with E-state index in [1.165, 1.54) is 12.8 Å². The summed E-state index contributed by atoms with van der Waals surface area (Å²) in [6, 6.07) is 6.44. The van der Waals surface area contributed by atoms with Crippen molar-refractivity contribution >= 4 is 21.6 Å².